The summed E-state index contributed by atoms with van der Waals surface area (Å²) in [6.07, 6.45) is 0. The minimum atomic E-state index is -3.08. The largest absolute Gasteiger partial charge is 0.492 e. The maximum absolute atomic E-state index is 11.7. The molecule has 0 atom stereocenters. The molecule has 0 radical (unpaired) electrons. The molecule has 0 heterocycles. The minimum absolute atomic E-state index is 0.0172. The van der Waals surface area contributed by atoms with Crippen LogP contribution >= 0.6 is 0 Å². The molecular weight excluding hydrogens is 274 g/mol. The van der Waals surface area contributed by atoms with E-state index in [0.717, 1.165) is 10.8 Å². The molecule has 0 aliphatic rings. The SMILES string of the molecule is CC(C)S(=O)(=O)CCOc1ccc(N)c2ccccc12. The number of ether oxygens (including phenoxy) is 1. The standard InChI is InChI=1S/C15H19NO3S/c1-11(2)20(17,18)10-9-19-15-8-7-14(16)12-5-3-4-6-13(12)15/h3-8,11H,9-10,16H2,1-2H3. The number of hydrogen-bond donors (Lipinski definition) is 1. The minimum Gasteiger partial charge on any atom is -0.492 e. The molecule has 2 aromatic carbocycles. The van der Waals surface area contributed by atoms with Crippen LogP contribution in [-0.2, 0) is 9.84 Å². The third-order valence-electron chi connectivity index (χ3n) is 3.26. The summed E-state index contributed by atoms with van der Waals surface area (Å²) in [6.45, 7) is 3.50. The Morgan fingerprint density at radius 1 is 1.10 bits per heavy atom. The van der Waals surface area contributed by atoms with E-state index in [4.69, 9.17) is 10.5 Å². The number of rotatable bonds is 5. The van der Waals surface area contributed by atoms with Gasteiger partial charge in [0.1, 0.15) is 12.4 Å². The summed E-state index contributed by atoms with van der Waals surface area (Å²) in [7, 11) is -3.08. The summed E-state index contributed by atoms with van der Waals surface area (Å²) in [4.78, 5) is 0. The van der Waals surface area contributed by atoms with Crippen molar-refractivity contribution in [1.29, 1.82) is 0 Å². The summed E-state index contributed by atoms with van der Waals surface area (Å²) in [5.41, 5.74) is 6.59. The summed E-state index contributed by atoms with van der Waals surface area (Å²) < 4.78 is 29.1. The van der Waals surface area contributed by atoms with Gasteiger partial charge in [-0.3, -0.25) is 0 Å². The zero-order valence-corrected chi connectivity index (χ0v) is 12.5. The molecule has 2 rings (SSSR count). The molecule has 0 aliphatic heterocycles. The summed E-state index contributed by atoms with van der Waals surface area (Å²) in [6, 6.07) is 11.2. The fourth-order valence-electron chi connectivity index (χ4n) is 1.92. The maximum Gasteiger partial charge on any atom is 0.155 e. The Hall–Kier alpha value is -1.75. The van der Waals surface area contributed by atoms with Gasteiger partial charge in [-0.05, 0) is 26.0 Å². The number of anilines is 1. The maximum atomic E-state index is 11.7. The Bertz CT molecular complexity index is 708. The number of sulfone groups is 1. The van der Waals surface area contributed by atoms with E-state index in [0.29, 0.717) is 11.4 Å². The first-order valence-electron chi connectivity index (χ1n) is 6.53. The van der Waals surface area contributed by atoms with E-state index in [1.54, 1.807) is 26.0 Å². The summed E-state index contributed by atoms with van der Waals surface area (Å²) in [5.74, 6) is 0.678. The molecule has 0 fully saturated rings. The predicted octanol–water partition coefficient (Wildman–Crippen LogP) is 2.62. The van der Waals surface area contributed by atoms with Crippen LogP contribution in [0, 0.1) is 0 Å². The number of hydrogen-bond acceptors (Lipinski definition) is 4. The van der Waals surface area contributed by atoms with E-state index < -0.39 is 9.84 Å². The highest BCUT2D eigenvalue weighted by atomic mass is 32.2. The highest BCUT2D eigenvalue weighted by Gasteiger charge is 2.16. The van der Waals surface area contributed by atoms with Gasteiger partial charge in [0.25, 0.3) is 0 Å². The van der Waals surface area contributed by atoms with Crippen molar-refractivity contribution in [1.82, 2.24) is 0 Å². The number of nitrogens with two attached hydrogens (primary N) is 1. The van der Waals surface area contributed by atoms with Crippen molar-refractivity contribution in [3.05, 3.63) is 36.4 Å². The molecule has 0 saturated carbocycles. The Labute approximate surface area is 119 Å². The van der Waals surface area contributed by atoms with E-state index in [1.807, 2.05) is 24.3 Å². The van der Waals surface area contributed by atoms with Crippen molar-refractivity contribution in [2.75, 3.05) is 18.1 Å². The van der Waals surface area contributed by atoms with Gasteiger partial charge in [0.2, 0.25) is 0 Å². The van der Waals surface area contributed by atoms with Crippen LogP contribution in [0.15, 0.2) is 36.4 Å². The van der Waals surface area contributed by atoms with Crippen LogP contribution in [0.2, 0.25) is 0 Å². The third-order valence-corrected chi connectivity index (χ3v) is 5.43. The van der Waals surface area contributed by atoms with Crippen LogP contribution in [0.25, 0.3) is 10.8 Å². The van der Waals surface area contributed by atoms with E-state index in [1.165, 1.54) is 0 Å². The van der Waals surface area contributed by atoms with Gasteiger partial charge in [-0.25, -0.2) is 8.42 Å². The summed E-state index contributed by atoms with van der Waals surface area (Å²) in [5, 5.41) is 1.43. The fraction of sp³-hybridized carbons (Fsp3) is 0.333. The first-order valence-corrected chi connectivity index (χ1v) is 8.25. The van der Waals surface area contributed by atoms with Crippen molar-refractivity contribution >= 4 is 26.3 Å². The van der Waals surface area contributed by atoms with Crippen LogP contribution in [0.1, 0.15) is 13.8 Å². The molecule has 0 amide bonds. The second-order valence-electron chi connectivity index (χ2n) is 4.96. The van der Waals surface area contributed by atoms with Crippen LogP contribution in [0.3, 0.4) is 0 Å². The van der Waals surface area contributed by atoms with Gasteiger partial charge in [-0.15, -0.1) is 0 Å². The quantitative estimate of drug-likeness (QED) is 0.860. The van der Waals surface area contributed by atoms with Crippen molar-refractivity contribution in [3.8, 4) is 5.75 Å². The summed E-state index contributed by atoms with van der Waals surface area (Å²) >= 11 is 0. The molecule has 20 heavy (non-hydrogen) atoms. The average Bonchev–Trinajstić information content (AvgIpc) is 2.41. The second-order valence-corrected chi connectivity index (χ2v) is 7.64. The van der Waals surface area contributed by atoms with Gasteiger partial charge in [-0.1, -0.05) is 24.3 Å². The van der Waals surface area contributed by atoms with Gasteiger partial charge >= 0.3 is 0 Å². The first-order chi connectivity index (χ1) is 9.42. The lowest BCUT2D eigenvalue weighted by atomic mass is 10.1. The van der Waals surface area contributed by atoms with Gasteiger partial charge in [0, 0.05) is 16.5 Å². The smallest absolute Gasteiger partial charge is 0.155 e. The lowest BCUT2D eigenvalue weighted by Crippen LogP contribution is -2.22. The van der Waals surface area contributed by atoms with Crippen LogP contribution in [0.5, 0.6) is 5.75 Å². The normalized spacial score (nSPS) is 11.9. The van der Waals surface area contributed by atoms with Gasteiger partial charge < -0.3 is 10.5 Å². The lowest BCUT2D eigenvalue weighted by Gasteiger charge is -2.12. The lowest BCUT2D eigenvalue weighted by molar-refractivity contribution is 0.344. The van der Waals surface area contributed by atoms with Gasteiger partial charge in [-0.2, -0.15) is 0 Å². The predicted molar refractivity (Wildman–Crippen MR) is 82.8 cm³/mol. The number of benzene rings is 2. The highest BCUT2D eigenvalue weighted by Crippen LogP contribution is 2.29. The Morgan fingerprint density at radius 3 is 2.40 bits per heavy atom. The molecule has 0 bridgehead atoms. The monoisotopic (exact) mass is 293 g/mol. The Kier molecular flexibility index (Phi) is 4.18. The third kappa shape index (κ3) is 3.04. The Balaban J connectivity index is 2.17. The molecule has 2 aromatic rings. The molecule has 0 saturated heterocycles. The zero-order chi connectivity index (χ0) is 14.8. The average molecular weight is 293 g/mol. The van der Waals surface area contributed by atoms with E-state index in [2.05, 4.69) is 0 Å². The number of nitrogen functional groups attached to an aromatic ring is 1. The molecular formula is C15H19NO3S. The van der Waals surface area contributed by atoms with Crippen LogP contribution in [-0.4, -0.2) is 26.0 Å². The molecule has 4 nitrogen and oxygen atoms in total. The van der Waals surface area contributed by atoms with E-state index >= 15 is 0 Å². The molecule has 0 aliphatic carbocycles. The topological polar surface area (TPSA) is 69.4 Å². The van der Waals surface area contributed by atoms with E-state index in [9.17, 15) is 8.42 Å². The molecule has 0 aromatic heterocycles. The number of fused-ring (bicyclic) bond motifs is 1. The van der Waals surface area contributed by atoms with Crippen LogP contribution in [0.4, 0.5) is 5.69 Å². The van der Waals surface area contributed by atoms with Crippen molar-refractivity contribution in [3.63, 3.8) is 0 Å². The van der Waals surface area contributed by atoms with Crippen molar-refractivity contribution < 1.29 is 13.2 Å². The van der Waals surface area contributed by atoms with Crippen LogP contribution < -0.4 is 10.5 Å². The molecule has 5 heteroatoms. The molecule has 108 valence electrons. The second kappa shape index (κ2) is 5.71. The van der Waals surface area contributed by atoms with Gasteiger partial charge in [0.15, 0.2) is 9.84 Å². The zero-order valence-electron chi connectivity index (χ0n) is 11.7. The first kappa shape index (κ1) is 14.7. The molecule has 2 N–H and O–H groups in total. The fourth-order valence-corrected chi connectivity index (χ4v) is 2.71. The highest BCUT2D eigenvalue weighted by molar-refractivity contribution is 7.91. The van der Waals surface area contributed by atoms with E-state index in [-0.39, 0.29) is 17.6 Å². The molecule has 0 spiro atoms. The van der Waals surface area contributed by atoms with Crippen molar-refractivity contribution in [2.24, 2.45) is 0 Å². The van der Waals surface area contributed by atoms with Gasteiger partial charge in [0.05, 0.1) is 11.0 Å². The Morgan fingerprint density at radius 2 is 1.75 bits per heavy atom. The molecule has 0 unspecified atom stereocenters. The van der Waals surface area contributed by atoms with Crippen molar-refractivity contribution in [2.45, 2.75) is 19.1 Å².